The molecule has 1 aliphatic heterocycles. The maximum Gasteiger partial charge on any atom is 0.157 e. The van der Waals surface area contributed by atoms with Crippen molar-refractivity contribution in [3.63, 3.8) is 0 Å². The zero-order chi connectivity index (χ0) is 11.4. The Balaban J connectivity index is 1.95. The third-order valence-corrected chi connectivity index (χ3v) is 4.08. The predicted octanol–water partition coefficient (Wildman–Crippen LogP) is 3.65. The lowest BCUT2D eigenvalue weighted by molar-refractivity contribution is -0.114. The smallest absolute Gasteiger partial charge is 0.157 e. The molecule has 1 aromatic heterocycles. The number of hydrogen-bond acceptors (Lipinski definition) is 4. The summed E-state index contributed by atoms with van der Waals surface area (Å²) in [6.45, 7) is 1.88. The van der Waals surface area contributed by atoms with E-state index in [-0.39, 0.29) is 5.78 Å². The van der Waals surface area contributed by atoms with Gasteiger partial charge in [0.05, 0.1) is 5.04 Å². The number of nitrogens with zero attached hydrogens (tertiary/aromatic N) is 1. The number of rotatable bonds is 2. The summed E-state index contributed by atoms with van der Waals surface area (Å²) < 4.78 is 0. The number of carbonyl (C=O) groups is 1. The van der Waals surface area contributed by atoms with E-state index in [0.717, 1.165) is 22.9 Å². The van der Waals surface area contributed by atoms with Crippen LogP contribution in [0.3, 0.4) is 0 Å². The second kappa shape index (κ2) is 5.46. The molecule has 0 fully saturated rings. The Kier molecular flexibility index (Phi) is 3.96. The average molecular weight is 251 g/mol. The summed E-state index contributed by atoms with van der Waals surface area (Å²) in [5, 5.41) is 5.31. The molecule has 16 heavy (non-hydrogen) atoms. The molecule has 0 saturated carbocycles. The third kappa shape index (κ3) is 3.32. The van der Waals surface area contributed by atoms with Gasteiger partial charge in [-0.25, -0.2) is 0 Å². The summed E-state index contributed by atoms with van der Waals surface area (Å²) >= 11 is 3.45. The summed E-state index contributed by atoms with van der Waals surface area (Å²) in [5.74, 6) is 1.14. The van der Waals surface area contributed by atoms with Crippen LogP contribution < -0.4 is 0 Å². The van der Waals surface area contributed by atoms with E-state index in [4.69, 9.17) is 0 Å². The van der Waals surface area contributed by atoms with Crippen LogP contribution in [0.1, 0.15) is 25.3 Å². The van der Waals surface area contributed by atoms with Crippen LogP contribution in [0.2, 0.25) is 0 Å². The largest absolute Gasteiger partial charge is 0.295 e. The van der Waals surface area contributed by atoms with E-state index in [2.05, 4.69) is 21.8 Å². The van der Waals surface area contributed by atoms with Crippen LogP contribution in [0.15, 0.2) is 33.6 Å². The number of hydrogen-bond donors (Lipinski definition) is 0. The molecule has 0 radical (unpaired) electrons. The summed E-state index contributed by atoms with van der Waals surface area (Å²) in [6.07, 6.45) is 3.01. The number of ketones is 1. The molecule has 0 amide bonds. The Morgan fingerprint density at radius 3 is 3.12 bits per heavy atom. The normalized spacial score (nSPS) is 16.7. The molecule has 2 rings (SSSR count). The van der Waals surface area contributed by atoms with Gasteiger partial charge in [-0.2, -0.15) is 11.3 Å². The van der Waals surface area contributed by atoms with Gasteiger partial charge in [0.15, 0.2) is 5.78 Å². The highest BCUT2D eigenvalue weighted by molar-refractivity contribution is 8.13. The molecule has 0 atom stereocenters. The number of thioether (sulfide) groups is 1. The topological polar surface area (TPSA) is 29.4 Å². The standard InChI is InChI=1S/C12H13NOS2/c1-9-6-11(14)2-3-12(13-9)16-8-10-4-5-15-7-10/h4-7H,2-3,8H2,1H3. The Hall–Kier alpha value is -0.870. The fraction of sp³-hybridized carbons (Fsp3) is 0.333. The molecule has 0 N–H and O–H groups in total. The van der Waals surface area contributed by atoms with Crippen molar-refractivity contribution in [2.24, 2.45) is 4.99 Å². The number of allylic oxidation sites excluding steroid dienone is 2. The van der Waals surface area contributed by atoms with Crippen LogP contribution in [-0.4, -0.2) is 10.8 Å². The Morgan fingerprint density at radius 2 is 2.38 bits per heavy atom. The van der Waals surface area contributed by atoms with Gasteiger partial charge in [-0.1, -0.05) is 0 Å². The van der Waals surface area contributed by atoms with Gasteiger partial charge in [0.1, 0.15) is 0 Å². The molecule has 0 saturated heterocycles. The van der Waals surface area contributed by atoms with Crippen LogP contribution in [0, 0.1) is 0 Å². The van der Waals surface area contributed by atoms with E-state index < -0.39 is 0 Å². The molecular weight excluding hydrogens is 238 g/mol. The van der Waals surface area contributed by atoms with Gasteiger partial charge in [0.2, 0.25) is 0 Å². The maximum absolute atomic E-state index is 11.3. The third-order valence-electron chi connectivity index (χ3n) is 2.24. The minimum absolute atomic E-state index is 0.187. The van der Waals surface area contributed by atoms with Crippen LogP contribution >= 0.6 is 23.1 Å². The SMILES string of the molecule is CC1=CC(=O)CCC(SCc2ccsc2)=N1. The van der Waals surface area contributed by atoms with Gasteiger partial charge in [-0.05, 0) is 29.3 Å². The first-order valence-electron chi connectivity index (χ1n) is 5.16. The average Bonchev–Trinajstić information content (AvgIpc) is 2.69. The lowest BCUT2D eigenvalue weighted by Crippen LogP contribution is -1.96. The molecular formula is C12H13NOS2. The zero-order valence-electron chi connectivity index (χ0n) is 9.10. The van der Waals surface area contributed by atoms with Gasteiger partial charge >= 0.3 is 0 Å². The van der Waals surface area contributed by atoms with E-state index in [1.165, 1.54) is 5.56 Å². The molecule has 2 nitrogen and oxygen atoms in total. The van der Waals surface area contributed by atoms with Crippen molar-refractivity contribution in [1.29, 1.82) is 0 Å². The molecule has 84 valence electrons. The molecule has 0 spiro atoms. The minimum Gasteiger partial charge on any atom is -0.295 e. The van der Waals surface area contributed by atoms with E-state index in [1.54, 1.807) is 29.2 Å². The molecule has 0 unspecified atom stereocenters. The quantitative estimate of drug-likeness (QED) is 0.803. The van der Waals surface area contributed by atoms with Crippen LogP contribution in [0.25, 0.3) is 0 Å². The summed E-state index contributed by atoms with van der Waals surface area (Å²) in [7, 11) is 0. The lowest BCUT2D eigenvalue weighted by Gasteiger charge is -2.02. The molecule has 1 aliphatic rings. The number of thiophene rings is 1. The van der Waals surface area contributed by atoms with Gasteiger partial charge in [0.25, 0.3) is 0 Å². The van der Waals surface area contributed by atoms with Crippen molar-refractivity contribution < 1.29 is 4.79 Å². The van der Waals surface area contributed by atoms with Crippen LogP contribution in [0.5, 0.6) is 0 Å². The van der Waals surface area contributed by atoms with Crippen LogP contribution in [0.4, 0.5) is 0 Å². The molecule has 0 aliphatic carbocycles. The number of aliphatic imine (C=N–C) groups is 1. The summed E-state index contributed by atoms with van der Waals surface area (Å²) in [4.78, 5) is 15.8. The second-order valence-corrected chi connectivity index (χ2v) is 5.51. The van der Waals surface area contributed by atoms with Gasteiger partial charge < -0.3 is 0 Å². The molecule has 0 aromatic carbocycles. The van der Waals surface area contributed by atoms with Crippen molar-refractivity contribution in [3.05, 3.63) is 34.2 Å². The van der Waals surface area contributed by atoms with Crippen molar-refractivity contribution in [2.45, 2.75) is 25.5 Å². The maximum atomic E-state index is 11.3. The van der Waals surface area contributed by atoms with Gasteiger partial charge in [-0.3, -0.25) is 9.79 Å². The highest BCUT2D eigenvalue weighted by atomic mass is 32.2. The van der Waals surface area contributed by atoms with E-state index in [1.807, 2.05) is 6.92 Å². The van der Waals surface area contributed by atoms with Crippen LogP contribution in [-0.2, 0) is 10.5 Å². The zero-order valence-corrected chi connectivity index (χ0v) is 10.7. The molecule has 0 bridgehead atoms. The highest BCUT2D eigenvalue weighted by Gasteiger charge is 2.09. The van der Waals surface area contributed by atoms with E-state index in [0.29, 0.717) is 6.42 Å². The Morgan fingerprint density at radius 1 is 1.50 bits per heavy atom. The first kappa shape index (κ1) is 11.6. The van der Waals surface area contributed by atoms with E-state index in [9.17, 15) is 4.79 Å². The highest BCUT2D eigenvalue weighted by Crippen LogP contribution is 2.21. The molecule has 1 aromatic rings. The minimum atomic E-state index is 0.187. The Bertz CT molecular complexity index is 432. The first-order valence-corrected chi connectivity index (χ1v) is 7.09. The molecule has 4 heteroatoms. The fourth-order valence-corrected chi connectivity index (χ4v) is 3.21. The van der Waals surface area contributed by atoms with Crippen molar-refractivity contribution in [1.82, 2.24) is 0 Å². The van der Waals surface area contributed by atoms with Gasteiger partial charge in [0, 0.05) is 30.4 Å². The second-order valence-electron chi connectivity index (χ2n) is 3.68. The Labute approximate surface area is 103 Å². The van der Waals surface area contributed by atoms with Gasteiger partial charge in [-0.15, -0.1) is 11.8 Å². The fourth-order valence-electron chi connectivity index (χ4n) is 1.47. The summed E-state index contributed by atoms with van der Waals surface area (Å²) in [6, 6.07) is 2.13. The summed E-state index contributed by atoms with van der Waals surface area (Å²) in [5.41, 5.74) is 2.16. The predicted molar refractivity (Wildman–Crippen MR) is 71.0 cm³/mol. The number of carbonyl (C=O) groups excluding carboxylic acids is 1. The van der Waals surface area contributed by atoms with E-state index >= 15 is 0 Å². The monoisotopic (exact) mass is 251 g/mol. The van der Waals surface area contributed by atoms with Crippen molar-refractivity contribution >= 4 is 33.9 Å². The van der Waals surface area contributed by atoms with Crippen molar-refractivity contribution in [2.75, 3.05) is 0 Å². The lowest BCUT2D eigenvalue weighted by atomic mass is 10.2. The first-order chi connectivity index (χ1) is 7.74. The van der Waals surface area contributed by atoms with Crippen molar-refractivity contribution in [3.8, 4) is 0 Å². The molecule has 2 heterocycles.